The summed E-state index contributed by atoms with van der Waals surface area (Å²) in [6.07, 6.45) is 6.42. The van der Waals surface area contributed by atoms with Gasteiger partial charge in [-0.05, 0) is 18.4 Å². The number of nitrogens with one attached hydrogen (secondary N) is 1. The average Bonchev–Trinajstić information content (AvgIpc) is 3.00. The zero-order valence-corrected chi connectivity index (χ0v) is 14.0. The fraction of sp³-hybridized carbons (Fsp3) is 0.438. The molecular weight excluding hydrogens is 312 g/mol. The molecule has 23 heavy (non-hydrogen) atoms. The molecule has 0 unspecified atom stereocenters. The van der Waals surface area contributed by atoms with E-state index in [9.17, 15) is 8.42 Å². The van der Waals surface area contributed by atoms with E-state index in [-0.39, 0.29) is 0 Å². The maximum Gasteiger partial charge on any atom is 0.280 e. The molecule has 1 saturated heterocycles. The molecule has 0 spiro atoms. The number of rotatable bonds is 5. The fourth-order valence-corrected chi connectivity index (χ4v) is 4.33. The zero-order valence-electron chi connectivity index (χ0n) is 13.2. The summed E-state index contributed by atoms with van der Waals surface area (Å²) in [7, 11) is -1.67. The Bertz CT molecular complexity index is 736. The molecule has 2 heterocycles. The molecule has 6 nitrogen and oxygen atoms in total. The Morgan fingerprint density at radius 1 is 1.13 bits per heavy atom. The van der Waals surface area contributed by atoms with E-state index in [4.69, 9.17) is 0 Å². The third kappa shape index (κ3) is 3.63. The molecule has 1 aromatic heterocycles. The third-order valence-electron chi connectivity index (χ3n) is 4.17. The number of imidazole rings is 1. The predicted molar refractivity (Wildman–Crippen MR) is 89.0 cm³/mol. The quantitative estimate of drug-likeness (QED) is 0.907. The molecule has 0 saturated carbocycles. The lowest BCUT2D eigenvalue weighted by Gasteiger charge is -2.28. The minimum atomic E-state index is -3.54. The Labute approximate surface area is 137 Å². The molecule has 1 atom stereocenters. The number of aromatic nitrogens is 2. The van der Waals surface area contributed by atoms with Gasteiger partial charge in [0.2, 0.25) is 0 Å². The topological polar surface area (TPSA) is 67.2 Å². The lowest BCUT2D eigenvalue weighted by molar-refractivity contribution is 0.339. The van der Waals surface area contributed by atoms with Crippen LogP contribution in [-0.4, -0.2) is 35.4 Å². The largest absolute Gasteiger partial charge is 0.336 e. The standard InChI is InChI=1S/C16H22N4O2S/c1-19-13-10-17-16(19)15(14-8-4-2-5-9-14)18-23(21,22)20-11-6-3-7-12-20/h2,4-5,8-10,13,15,18H,3,6-7,11-12H2,1H3/t15-/m0/s1. The number of aryl methyl sites for hydroxylation is 1. The predicted octanol–water partition coefficient (Wildman–Crippen LogP) is 1.83. The molecule has 1 aliphatic heterocycles. The second-order valence-electron chi connectivity index (χ2n) is 5.82. The Hall–Kier alpha value is -1.70. The molecule has 3 rings (SSSR count). The van der Waals surface area contributed by atoms with Gasteiger partial charge < -0.3 is 4.57 Å². The molecule has 1 aliphatic rings. The van der Waals surface area contributed by atoms with E-state index in [1.807, 2.05) is 48.1 Å². The van der Waals surface area contributed by atoms with Gasteiger partial charge in [-0.15, -0.1) is 0 Å². The highest BCUT2D eigenvalue weighted by Gasteiger charge is 2.29. The van der Waals surface area contributed by atoms with Crippen LogP contribution in [0, 0.1) is 0 Å². The van der Waals surface area contributed by atoms with Crippen molar-refractivity contribution in [2.45, 2.75) is 25.3 Å². The van der Waals surface area contributed by atoms with Gasteiger partial charge in [-0.3, -0.25) is 0 Å². The lowest BCUT2D eigenvalue weighted by Crippen LogP contribution is -2.45. The molecule has 0 bridgehead atoms. The van der Waals surface area contributed by atoms with Crippen LogP contribution < -0.4 is 4.72 Å². The molecule has 7 heteroatoms. The van der Waals surface area contributed by atoms with Crippen molar-refractivity contribution in [2.24, 2.45) is 7.05 Å². The van der Waals surface area contributed by atoms with Crippen molar-refractivity contribution in [2.75, 3.05) is 13.1 Å². The van der Waals surface area contributed by atoms with E-state index in [1.165, 1.54) is 4.31 Å². The summed E-state index contributed by atoms with van der Waals surface area (Å²) in [5, 5.41) is 0. The highest BCUT2D eigenvalue weighted by Crippen LogP contribution is 2.23. The Balaban J connectivity index is 1.92. The molecule has 0 aliphatic carbocycles. The number of benzene rings is 1. The normalized spacial score (nSPS) is 18.0. The minimum Gasteiger partial charge on any atom is -0.336 e. The van der Waals surface area contributed by atoms with Crippen molar-refractivity contribution in [1.82, 2.24) is 18.6 Å². The summed E-state index contributed by atoms with van der Waals surface area (Å²) < 4.78 is 31.7. The number of nitrogens with zero attached hydrogens (tertiary/aromatic N) is 3. The molecule has 0 radical (unpaired) electrons. The lowest BCUT2D eigenvalue weighted by atomic mass is 10.1. The molecule has 2 aromatic rings. The van der Waals surface area contributed by atoms with Crippen molar-refractivity contribution in [3.63, 3.8) is 0 Å². The third-order valence-corrected chi connectivity index (χ3v) is 5.75. The van der Waals surface area contributed by atoms with Crippen LogP contribution in [0.5, 0.6) is 0 Å². The van der Waals surface area contributed by atoms with Crippen LogP contribution in [-0.2, 0) is 17.3 Å². The van der Waals surface area contributed by atoms with Crippen molar-refractivity contribution in [1.29, 1.82) is 0 Å². The molecule has 1 fully saturated rings. The summed E-state index contributed by atoms with van der Waals surface area (Å²) in [6, 6.07) is 9.05. The first-order valence-electron chi connectivity index (χ1n) is 7.87. The smallest absolute Gasteiger partial charge is 0.280 e. The van der Waals surface area contributed by atoms with Gasteiger partial charge in [-0.1, -0.05) is 36.8 Å². The van der Waals surface area contributed by atoms with Crippen molar-refractivity contribution < 1.29 is 8.42 Å². The van der Waals surface area contributed by atoms with Gasteiger partial charge in [0, 0.05) is 32.5 Å². The SMILES string of the molecule is Cn1ccnc1[C@@H](NS(=O)(=O)N1CCCCC1)c1ccccc1. The van der Waals surface area contributed by atoms with Crippen LogP contribution in [0.4, 0.5) is 0 Å². The second kappa shape index (κ2) is 6.82. The summed E-state index contributed by atoms with van der Waals surface area (Å²) in [4.78, 5) is 4.34. The number of hydrogen-bond donors (Lipinski definition) is 1. The summed E-state index contributed by atoms with van der Waals surface area (Å²) in [5.41, 5.74) is 0.877. The van der Waals surface area contributed by atoms with Gasteiger partial charge >= 0.3 is 0 Å². The van der Waals surface area contributed by atoms with Crippen LogP contribution in [0.25, 0.3) is 0 Å². The van der Waals surface area contributed by atoms with Gasteiger partial charge in [0.15, 0.2) is 0 Å². The van der Waals surface area contributed by atoms with Gasteiger partial charge in [0.05, 0.1) is 0 Å². The maximum absolute atomic E-state index is 12.8. The van der Waals surface area contributed by atoms with E-state index in [0.29, 0.717) is 18.9 Å². The monoisotopic (exact) mass is 334 g/mol. The van der Waals surface area contributed by atoms with E-state index in [1.54, 1.807) is 6.20 Å². The Morgan fingerprint density at radius 2 is 1.83 bits per heavy atom. The summed E-state index contributed by atoms with van der Waals surface area (Å²) in [6.45, 7) is 1.16. The van der Waals surface area contributed by atoms with Crippen molar-refractivity contribution >= 4 is 10.2 Å². The Morgan fingerprint density at radius 3 is 2.43 bits per heavy atom. The number of piperidine rings is 1. The molecule has 0 amide bonds. The van der Waals surface area contributed by atoms with E-state index < -0.39 is 16.3 Å². The Kier molecular flexibility index (Phi) is 4.79. The summed E-state index contributed by atoms with van der Waals surface area (Å²) >= 11 is 0. The second-order valence-corrected chi connectivity index (χ2v) is 7.52. The average molecular weight is 334 g/mol. The molecule has 1 N–H and O–H groups in total. The van der Waals surface area contributed by atoms with Crippen LogP contribution >= 0.6 is 0 Å². The van der Waals surface area contributed by atoms with Crippen LogP contribution in [0.3, 0.4) is 0 Å². The summed E-state index contributed by atoms with van der Waals surface area (Å²) in [5.74, 6) is 0.678. The van der Waals surface area contributed by atoms with Gasteiger partial charge in [0.1, 0.15) is 11.9 Å². The first kappa shape index (κ1) is 16.2. The minimum absolute atomic E-state index is 0.497. The zero-order chi connectivity index (χ0) is 16.3. The maximum atomic E-state index is 12.8. The van der Waals surface area contributed by atoms with Crippen molar-refractivity contribution in [3.05, 3.63) is 54.1 Å². The molecule has 1 aromatic carbocycles. The van der Waals surface area contributed by atoms with Gasteiger partial charge in [0.25, 0.3) is 10.2 Å². The molecule has 124 valence electrons. The first-order valence-corrected chi connectivity index (χ1v) is 9.31. The molecular formula is C16H22N4O2S. The first-order chi connectivity index (χ1) is 11.1. The number of hydrogen-bond acceptors (Lipinski definition) is 3. The van der Waals surface area contributed by atoms with E-state index >= 15 is 0 Å². The highest BCUT2D eigenvalue weighted by atomic mass is 32.2. The van der Waals surface area contributed by atoms with Crippen LogP contribution in [0.15, 0.2) is 42.7 Å². The van der Waals surface area contributed by atoms with E-state index in [2.05, 4.69) is 9.71 Å². The fourth-order valence-electron chi connectivity index (χ4n) is 2.90. The van der Waals surface area contributed by atoms with Gasteiger partial charge in [-0.25, -0.2) is 4.98 Å². The van der Waals surface area contributed by atoms with Crippen LogP contribution in [0.2, 0.25) is 0 Å². The highest BCUT2D eigenvalue weighted by molar-refractivity contribution is 7.87. The van der Waals surface area contributed by atoms with Crippen LogP contribution in [0.1, 0.15) is 36.7 Å². The van der Waals surface area contributed by atoms with E-state index in [0.717, 1.165) is 24.8 Å². The van der Waals surface area contributed by atoms with Gasteiger partial charge in [-0.2, -0.15) is 17.4 Å². The van der Waals surface area contributed by atoms with Crippen molar-refractivity contribution in [3.8, 4) is 0 Å².